The quantitative estimate of drug-likeness (QED) is 0.771. The van der Waals surface area contributed by atoms with Gasteiger partial charge in [-0.1, -0.05) is 22.0 Å². The van der Waals surface area contributed by atoms with Crippen molar-refractivity contribution in [1.82, 2.24) is 29.7 Å². The monoisotopic (exact) mass is 347 g/mol. The average molecular weight is 348 g/mol. The Morgan fingerprint density at radius 2 is 2.10 bits per heavy atom. The Bertz CT molecular complexity index is 775. The lowest BCUT2D eigenvalue weighted by atomic mass is 10.2. The number of aromatic nitrogens is 6. The molecule has 0 unspecified atom stereocenters. The van der Waals surface area contributed by atoms with E-state index < -0.39 is 0 Å². The highest BCUT2D eigenvalue weighted by molar-refractivity contribution is 9.10. The molecule has 0 amide bonds. The summed E-state index contributed by atoms with van der Waals surface area (Å²) in [6.07, 6.45) is 2.84. The second-order valence-corrected chi connectivity index (χ2v) is 5.04. The summed E-state index contributed by atoms with van der Waals surface area (Å²) in [5.41, 5.74) is 6.62. The molecule has 0 bridgehead atoms. The van der Waals surface area contributed by atoms with Crippen LogP contribution in [0.15, 0.2) is 35.3 Å². The summed E-state index contributed by atoms with van der Waals surface area (Å²) in [6.45, 7) is 1.92. The van der Waals surface area contributed by atoms with Gasteiger partial charge in [0.15, 0.2) is 0 Å². The van der Waals surface area contributed by atoms with Crippen LogP contribution in [-0.4, -0.2) is 29.7 Å². The van der Waals surface area contributed by atoms with Crippen molar-refractivity contribution in [1.29, 1.82) is 0 Å². The Hall–Kier alpha value is -2.55. The van der Waals surface area contributed by atoms with Crippen LogP contribution in [0.3, 0.4) is 0 Å². The van der Waals surface area contributed by atoms with Crippen LogP contribution in [-0.2, 0) is 0 Å². The van der Waals surface area contributed by atoms with E-state index in [0.717, 1.165) is 10.0 Å². The summed E-state index contributed by atoms with van der Waals surface area (Å²) < 4.78 is 7.94. The Kier molecular flexibility index (Phi) is 3.48. The maximum Gasteiger partial charge on any atom is 0.328 e. The Morgan fingerprint density at radius 3 is 2.86 bits per heavy atom. The number of anilines is 1. The zero-order chi connectivity index (χ0) is 14.8. The smallest absolute Gasteiger partial charge is 0.328 e. The normalized spacial score (nSPS) is 10.6. The molecule has 106 valence electrons. The molecule has 0 atom stereocenters. The number of nitrogens with zero attached hydrogens (tertiary/aromatic N) is 6. The molecule has 21 heavy (non-hydrogen) atoms. The number of rotatable bonds is 3. The fraction of sp³-hybridized carbons (Fsp3) is 0.0833. The van der Waals surface area contributed by atoms with E-state index in [0.29, 0.717) is 5.75 Å². The number of aryl methyl sites for hydroxylation is 1. The van der Waals surface area contributed by atoms with Crippen LogP contribution in [0.4, 0.5) is 5.95 Å². The predicted molar refractivity (Wildman–Crippen MR) is 78.1 cm³/mol. The lowest BCUT2D eigenvalue weighted by Crippen LogP contribution is -2.08. The molecule has 0 aliphatic carbocycles. The average Bonchev–Trinajstić information content (AvgIpc) is 2.96. The highest BCUT2D eigenvalue weighted by Gasteiger charge is 2.10. The standard InChI is InChI=1S/C12H10BrN7O/c1-7-2-3-8(13)4-9(7)21-12-18-10(14)17-11(19-12)20-6-15-5-16-20/h2-6H,1H3,(H2,14,17,18,19). The molecule has 0 aliphatic rings. The number of hydrogen-bond acceptors (Lipinski definition) is 7. The summed E-state index contributed by atoms with van der Waals surface area (Å²) in [7, 11) is 0. The molecule has 0 aliphatic heterocycles. The third-order valence-corrected chi connectivity index (χ3v) is 3.09. The highest BCUT2D eigenvalue weighted by atomic mass is 79.9. The Labute approximate surface area is 128 Å². The molecule has 2 aromatic heterocycles. The maximum absolute atomic E-state index is 5.68. The van der Waals surface area contributed by atoms with Crippen LogP contribution < -0.4 is 10.5 Å². The summed E-state index contributed by atoms with van der Waals surface area (Å²) in [5.74, 6) is 0.903. The van der Waals surface area contributed by atoms with Gasteiger partial charge in [-0.3, -0.25) is 0 Å². The number of ether oxygens (including phenoxy) is 1. The molecule has 0 saturated carbocycles. The van der Waals surface area contributed by atoms with E-state index in [1.54, 1.807) is 0 Å². The minimum atomic E-state index is 0.0400. The van der Waals surface area contributed by atoms with Gasteiger partial charge in [0.05, 0.1) is 0 Å². The minimum Gasteiger partial charge on any atom is -0.424 e. The third kappa shape index (κ3) is 2.97. The van der Waals surface area contributed by atoms with Gasteiger partial charge in [-0.2, -0.15) is 24.7 Å². The molecule has 3 rings (SSSR count). The van der Waals surface area contributed by atoms with Crippen LogP contribution >= 0.6 is 15.9 Å². The fourth-order valence-electron chi connectivity index (χ4n) is 1.60. The molecule has 0 fully saturated rings. The van der Waals surface area contributed by atoms with Crippen LogP contribution in [0.5, 0.6) is 11.8 Å². The number of nitrogen functional groups attached to an aromatic ring is 1. The first-order valence-electron chi connectivity index (χ1n) is 5.92. The van der Waals surface area contributed by atoms with E-state index in [9.17, 15) is 0 Å². The van der Waals surface area contributed by atoms with Crippen molar-refractivity contribution in [3.8, 4) is 17.7 Å². The summed E-state index contributed by atoms with van der Waals surface area (Å²) in [4.78, 5) is 15.9. The first-order valence-corrected chi connectivity index (χ1v) is 6.71. The number of halogens is 1. The van der Waals surface area contributed by atoms with Crippen molar-refractivity contribution in [2.45, 2.75) is 6.92 Å². The molecule has 2 N–H and O–H groups in total. The molecule has 1 aromatic carbocycles. The lowest BCUT2D eigenvalue weighted by Gasteiger charge is -2.08. The third-order valence-electron chi connectivity index (χ3n) is 2.60. The molecule has 0 saturated heterocycles. The molecular formula is C12H10BrN7O. The van der Waals surface area contributed by atoms with E-state index in [4.69, 9.17) is 10.5 Å². The van der Waals surface area contributed by atoms with Gasteiger partial charge in [0, 0.05) is 4.47 Å². The second kappa shape index (κ2) is 5.44. The van der Waals surface area contributed by atoms with Gasteiger partial charge >= 0.3 is 6.01 Å². The molecule has 9 heteroatoms. The van der Waals surface area contributed by atoms with Gasteiger partial charge < -0.3 is 10.5 Å². The van der Waals surface area contributed by atoms with Gasteiger partial charge in [0.25, 0.3) is 5.95 Å². The van der Waals surface area contributed by atoms with Crippen molar-refractivity contribution in [2.24, 2.45) is 0 Å². The highest BCUT2D eigenvalue weighted by Crippen LogP contribution is 2.26. The van der Waals surface area contributed by atoms with Crippen LogP contribution in [0.2, 0.25) is 0 Å². The van der Waals surface area contributed by atoms with Crippen molar-refractivity contribution >= 4 is 21.9 Å². The Morgan fingerprint density at radius 1 is 1.24 bits per heavy atom. The largest absolute Gasteiger partial charge is 0.424 e. The van der Waals surface area contributed by atoms with Gasteiger partial charge in [-0.25, -0.2) is 4.98 Å². The van der Waals surface area contributed by atoms with E-state index in [1.807, 2.05) is 25.1 Å². The summed E-state index contributed by atoms with van der Waals surface area (Å²) in [6, 6.07) is 5.76. The first kappa shape index (κ1) is 13.4. The molecule has 8 nitrogen and oxygen atoms in total. The molecule has 2 heterocycles. The molecular weight excluding hydrogens is 338 g/mol. The van der Waals surface area contributed by atoms with Crippen LogP contribution in [0.1, 0.15) is 5.56 Å². The van der Waals surface area contributed by atoms with Gasteiger partial charge in [0.1, 0.15) is 18.4 Å². The SMILES string of the molecule is Cc1ccc(Br)cc1Oc1nc(N)nc(-n2cncn2)n1. The number of hydrogen-bond donors (Lipinski definition) is 1. The van der Waals surface area contributed by atoms with E-state index in [-0.39, 0.29) is 17.9 Å². The van der Waals surface area contributed by atoms with Crippen molar-refractivity contribution < 1.29 is 4.74 Å². The molecule has 3 aromatic rings. The number of benzene rings is 1. The molecule has 0 spiro atoms. The minimum absolute atomic E-state index is 0.0400. The van der Waals surface area contributed by atoms with E-state index in [1.165, 1.54) is 17.3 Å². The van der Waals surface area contributed by atoms with Gasteiger partial charge in [0.2, 0.25) is 5.95 Å². The lowest BCUT2D eigenvalue weighted by molar-refractivity contribution is 0.435. The topological polar surface area (TPSA) is 105 Å². The summed E-state index contributed by atoms with van der Waals surface area (Å²) in [5, 5.41) is 3.94. The fourth-order valence-corrected chi connectivity index (χ4v) is 1.94. The first-order chi connectivity index (χ1) is 10.1. The van der Waals surface area contributed by atoms with Crippen molar-refractivity contribution in [3.05, 3.63) is 40.9 Å². The zero-order valence-corrected chi connectivity index (χ0v) is 12.5. The van der Waals surface area contributed by atoms with Crippen LogP contribution in [0, 0.1) is 6.92 Å². The second-order valence-electron chi connectivity index (χ2n) is 4.13. The zero-order valence-electron chi connectivity index (χ0n) is 10.9. The maximum atomic E-state index is 5.68. The van der Waals surface area contributed by atoms with Gasteiger partial charge in [-0.15, -0.1) is 0 Å². The van der Waals surface area contributed by atoms with Crippen molar-refractivity contribution in [3.63, 3.8) is 0 Å². The van der Waals surface area contributed by atoms with Crippen LogP contribution in [0.25, 0.3) is 5.95 Å². The number of nitrogens with two attached hydrogens (primary N) is 1. The Balaban J connectivity index is 1.97. The van der Waals surface area contributed by atoms with E-state index >= 15 is 0 Å². The summed E-state index contributed by atoms with van der Waals surface area (Å²) >= 11 is 3.39. The van der Waals surface area contributed by atoms with Gasteiger partial charge in [-0.05, 0) is 24.6 Å². The van der Waals surface area contributed by atoms with Crippen molar-refractivity contribution in [2.75, 3.05) is 5.73 Å². The van der Waals surface area contributed by atoms with E-state index in [2.05, 4.69) is 41.0 Å². The predicted octanol–water partition coefficient (Wildman–Crippen LogP) is 1.90. The molecule has 0 radical (unpaired) electrons.